The molecule has 1 aromatic heterocycles. The number of hydrogen-bond acceptors (Lipinski definition) is 3. The van der Waals surface area contributed by atoms with Crippen LogP contribution in [0.15, 0.2) is 22.8 Å². The number of aromatic nitrogens is 1. The highest BCUT2D eigenvalue weighted by Crippen LogP contribution is 2.08. The normalized spacial score (nSPS) is 12.7. The second kappa shape index (κ2) is 7.25. The molecule has 0 aliphatic rings. The molecule has 0 fully saturated rings. The van der Waals surface area contributed by atoms with Gasteiger partial charge in [0.2, 0.25) is 0 Å². The van der Waals surface area contributed by atoms with Crippen LogP contribution in [0.2, 0.25) is 0 Å². The zero-order valence-electron chi connectivity index (χ0n) is 9.16. The van der Waals surface area contributed by atoms with Crippen molar-refractivity contribution in [2.75, 3.05) is 12.8 Å². The smallest absolute Gasteiger partial charge is 0.106 e. The van der Waals surface area contributed by atoms with E-state index >= 15 is 0 Å². The molecule has 1 aromatic rings. The third-order valence-corrected chi connectivity index (χ3v) is 3.69. The fraction of sp³-hybridized carbons (Fsp3) is 0.545. The molecule has 15 heavy (non-hydrogen) atoms. The van der Waals surface area contributed by atoms with E-state index in [9.17, 15) is 0 Å². The molecule has 4 heteroatoms. The van der Waals surface area contributed by atoms with Crippen LogP contribution >= 0.6 is 27.7 Å². The predicted molar refractivity (Wildman–Crippen MR) is 71.2 cm³/mol. The monoisotopic (exact) mass is 288 g/mol. The van der Waals surface area contributed by atoms with Crippen molar-refractivity contribution in [1.82, 2.24) is 10.3 Å². The standard InChI is InChI=1S/C11H17BrN2S/c1-9(15-2)6-7-13-8-10-4-3-5-11(12)14-10/h3-5,9,13H,6-8H2,1-2H3. The maximum Gasteiger partial charge on any atom is 0.106 e. The maximum atomic E-state index is 4.36. The van der Waals surface area contributed by atoms with Crippen molar-refractivity contribution < 1.29 is 0 Å². The molecule has 1 N–H and O–H groups in total. The zero-order chi connectivity index (χ0) is 11.1. The van der Waals surface area contributed by atoms with E-state index in [4.69, 9.17) is 0 Å². The average molecular weight is 289 g/mol. The van der Waals surface area contributed by atoms with E-state index in [0.717, 1.165) is 28.6 Å². The van der Waals surface area contributed by atoms with Gasteiger partial charge in [0.25, 0.3) is 0 Å². The number of hydrogen-bond donors (Lipinski definition) is 1. The topological polar surface area (TPSA) is 24.9 Å². The summed E-state index contributed by atoms with van der Waals surface area (Å²) >= 11 is 5.27. The van der Waals surface area contributed by atoms with Gasteiger partial charge >= 0.3 is 0 Å². The molecule has 0 amide bonds. The van der Waals surface area contributed by atoms with E-state index in [2.05, 4.69) is 39.4 Å². The lowest BCUT2D eigenvalue weighted by Gasteiger charge is -2.08. The Labute approximate surface area is 104 Å². The summed E-state index contributed by atoms with van der Waals surface area (Å²) in [5.74, 6) is 0. The zero-order valence-corrected chi connectivity index (χ0v) is 11.6. The van der Waals surface area contributed by atoms with Gasteiger partial charge in [-0.25, -0.2) is 4.98 Å². The minimum Gasteiger partial charge on any atom is -0.311 e. The molecular formula is C11H17BrN2S. The van der Waals surface area contributed by atoms with Crippen LogP contribution in [0.25, 0.3) is 0 Å². The molecule has 0 radical (unpaired) electrons. The SMILES string of the molecule is CSC(C)CCNCc1cccc(Br)n1. The van der Waals surface area contributed by atoms with Gasteiger partial charge < -0.3 is 5.32 Å². The van der Waals surface area contributed by atoms with Gasteiger partial charge in [0.05, 0.1) is 5.69 Å². The molecule has 0 spiro atoms. The summed E-state index contributed by atoms with van der Waals surface area (Å²) in [6, 6.07) is 5.99. The summed E-state index contributed by atoms with van der Waals surface area (Å²) in [7, 11) is 0. The Balaban J connectivity index is 2.20. The first-order valence-corrected chi connectivity index (χ1v) is 7.15. The molecule has 0 saturated heterocycles. The highest BCUT2D eigenvalue weighted by Gasteiger charge is 1.99. The van der Waals surface area contributed by atoms with Gasteiger partial charge in [-0.15, -0.1) is 0 Å². The summed E-state index contributed by atoms with van der Waals surface area (Å²) < 4.78 is 0.902. The van der Waals surface area contributed by atoms with Crippen LogP contribution in [0.5, 0.6) is 0 Å². The van der Waals surface area contributed by atoms with Gasteiger partial charge in [-0.2, -0.15) is 11.8 Å². The van der Waals surface area contributed by atoms with Crippen molar-refractivity contribution >= 4 is 27.7 Å². The Hall–Kier alpha value is -0.0600. The number of nitrogens with zero attached hydrogens (tertiary/aromatic N) is 1. The van der Waals surface area contributed by atoms with E-state index in [1.54, 1.807) is 0 Å². The Kier molecular flexibility index (Phi) is 6.29. The largest absolute Gasteiger partial charge is 0.311 e. The van der Waals surface area contributed by atoms with E-state index in [1.807, 2.05) is 30.0 Å². The van der Waals surface area contributed by atoms with Gasteiger partial charge in [0.1, 0.15) is 4.60 Å². The van der Waals surface area contributed by atoms with E-state index < -0.39 is 0 Å². The molecule has 84 valence electrons. The summed E-state index contributed by atoms with van der Waals surface area (Å²) in [5.41, 5.74) is 1.08. The van der Waals surface area contributed by atoms with Crippen LogP contribution in [0.3, 0.4) is 0 Å². The first kappa shape index (κ1) is 13.0. The molecule has 0 saturated carbocycles. The molecule has 0 bridgehead atoms. The number of thioether (sulfide) groups is 1. The van der Waals surface area contributed by atoms with E-state index in [0.29, 0.717) is 0 Å². The average Bonchev–Trinajstić information content (AvgIpc) is 2.24. The molecule has 0 aliphatic carbocycles. The molecule has 2 nitrogen and oxygen atoms in total. The molecule has 1 atom stereocenters. The number of halogens is 1. The van der Waals surface area contributed by atoms with Crippen molar-refractivity contribution in [1.29, 1.82) is 0 Å². The Morgan fingerprint density at radius 1 is 1.53 bits per heavy atom. The predicted octanol–water partition coefficient (Wildman–Crippen LogP) is 3.08. The summed E-state index contributed by atoms with van der Waals surface area (Å²) in [6.07, 6.45) is 3.36. The van der Waals surface area contributed by atoms with Gasteiger partial charge in [-0.3, -0.25) is 0 Å². The van der Waals surface area contributed by atoms with Gasteiger partial charge in [0, 0.05) is 11.8 Å². The summed E-state index contributed by atoms with van der Waals surface area (Å²) in [5, 5.41) is 4.13. The van der Waals surface area contributed by atoms with Crippen molar-refractivity contribution in [2.45, 2.75) is 25.1 Å². The van der Waals surface area contributed by atoms with Crippen LogP contribution in [0.4, 0.5) is 0 Å². The summed E-state index contributed by atoms with van der Waals surface area (Å²) in [4.78, 5) is 4.36. The van der Waals surface area contributed by atoms with Crippen LogP contribution in [0.1, 0.15) is 19.0 Å². The molecule has 1 rings (SSSR count). The van der Waals surface area contributed by atoms with Crippen molar-refractivity contribution in [3.8, 4) is 0 Å². The minimum atomic E-state index is 0.730. The Morgan fingerprint density at radius 2 is 2.33 bits per heavy atom. The minimum absolute atomic E-state index is 0.730. The van der Waals surface area contributed by atoms with Gasteiger partial charge in [-0.1, -0.05) is 13.0 Å². The van der Waals surface area contributed by atoms with E-state index in [1.165, 1.54) is 6.42 Å². The maximum absolute atomic E-state index is 4.36. The summed E-state index contributed by atoms with van der Waals surface area (Å²) in [6.45, 7) is 4.15. The fourth-order valence-corrected chi connectivity index (χ4v) is 1.92. The van der Waals surface area contributed by atoms with Crippen LogP contribution in [-0.4, -0.2) is 23.0 Å². The number of pyridine rings is 1. The lowest BCUT2D eigenvalue weighted by Crippen LogP contribution is -2.18. The number of rotatable bonds is 6. The Morgan fingerprint density at radius 3 is 3.00 bits per heavy atom. The van der Waals surface area contributed by atoms with Crippen LogP contribution in [0, 0.1) is 0 Å². The molecular weight excluding hydrogens is 272 g/mol. The fourth-order valence-electron chi connectivity index (χ4n) is 1.19. The van der Waals surface area contributed by atoms with Crippen molar-refractivity contribution in [3.05, 3.63) is 28.5 Å². The molecule has 1 heterocycles. The van der Waals surface area contributed by atoms with Crippen molar-refractivity contribution in [3.63, 3.8) is 0 Å². The highest BCUT2D eigenvalue weighted by molar-refractivity contribution is 9.10. The van der Waals surface area contributed by atoms with E-state index in [-0.39, 0.29) is 0 Å². The molecule has 0 aliphatic heterocycles. The molecule has 1 unspecified atom stereocenters. The first-order chi connectivity index (χ1) is 7.22. The second-order valence-electron chi connectivity index (χ2n) is 3.46. The number of nitrogens with one attached hydrogen (secondary N) is 1. The van der Waals surface area contributed by atoms with Crippen molar-refractivity contribution in [2.24, 2.45) is 0 Å². The van der Waals surface area contributed by atoms with Crippen LogP contribution in [-0.2, 0) is 6.54 Å². The lowest BCUT2D eigenvalue weighted by molar-refractivity contribution is 0.639. The first-order valence-electron chi connectivity index (χ1n) is 5.07. The third kappa shape index (κ3) is 5.54. The van der Waals surface area contributed by atoms with Crippen LogP contribution < -0.4 is 5.32 Å². The Bertz CT molecular complexity index is 294. The van der Waals surface area contributed by atoms with Gasteiger partial charge in [0.15, 0.2) is 0 Å². The molecule has 0 aromatic carbocycles. The quantitative estimate of drug-likeness (QED) is 0.643. The highest BCUT2D eigenvalue weighted by atomic mass is 79.9. The lowest BCUT2D eigenvalue weighted by atomic mass is 10.3. The second-order valence-corrected chi connectivity index (χ2v) is 5.55. The van der Waals surface area contributed by atoms with Gasteiger partial charge in [-0.05, 0) is 47.3 Å². The third-order valence-electron chi connectivity index (χ3n) is 2.21.